The molecule has 1 saturated heterocycles. The van der Waals surface area contributed by atoms with E-state index in [0.717, 1.165) is 87.8 Å². The van der Waals surface area contributed by atoms with Crippen molar-refractivity contribution in [2.24, 2.45) is 5.92 Å². The summed E-state index contributed by atoms with van der Waals surface area (Å²) in [7, 11) is 1.75. The molecule has 2 aromatic heterocycles. The van der Waals surface area contributed by atoms with Crippen molar-refractivity contribution in [3.63, 3.8) is 0 Å². The van der Waals surface area contributed by atoms with E-state index >= 15 is 0 Å². The Morgan fingerprint density at radius 2 is 1.76 bits per heavy atom. The Morgan fingerprint density at radius 1 is 1.00 bits per heavy atom. The van der Waals surface area contributed by atoms with Crippen LogP contribution >= 0.6 is 0 Å². The van der Waals surface area contributed by atoms with Crippen LogP contribution in [0.5, 0.6) is 0 Å². The summed E-state index contributed by atoms with van der Waals surface area (Å²) in [6, 6.07) is 7.49. The van der Waals surface area contributed by atoms with Crippen molar-refractivity contribution in [1.82, 2.24) is 20.3 Å². The molecule has 1 saturated carbocycles. The van der Waals surface area contributed by atoms with Gasteiger partial charge in [-0.05, 0) is 63.5 Å². The number of methoxy groups -OCH3 is 1. The minimum Gasteiger partial charge on any atom is -0.385 e. The molecule has 1 unspecified atom stereocenters. The van der Waals surface area contributed by atoms with E-state index in [9.17, 15) is 0 Å². The molecule has 2 aliphatic rings. The smallest absolute Gasteiger partial charge is 0.130 e. The van der Waals surface area contributed by atoms with Crippen LogP contribution in [-0.2, 0) is 9.47 Å². The van der Waals surface area contributed by atoms with Gasteiger partial charge in [-0.3, -0.25) is 4.98 Å². The van der Waals surface area contributed by atoms with Crippen molar-refractivity contribution >= 4 is 11.5 Å². The maximum absolute atomic E-state index is 5.46. The van der Waals surface area contributed by atoms with Gasteiger partial charge in [-0.15, -0.1) is 0 Å². The molecule has 180 valence electrons. The number of nitrogens with zero attached hydrogens (tertiary/aromatic N) is 3. The van der Waals surface area contributed by atoms with Crippen LogP contribution in [0, 0.1) is 5.92 Å². The van der Waals surface area contributed by atoms with Gasteiger partial charge in [-0.1, -0.05) is 0 Å². The summed E-state index contributed by atoms with van der Waals surface area (Å²) in [5, 5.41) is 10.8. The second-order valence-electron chi connectivity index (χ2n) is 9.37. The van der Waals surface area contributed by atoms with Gasteiger partial charge in [-0.2, -0.15) is 0 Å². The largest absolute Gasteiger partial charge is 0.385 e. The quantitative estimate of drug-likeness (QED) is 0.500. The Balaban J connectivity index is 1.30. The fourth-order valence-electron chi connectivity index (χ4n) is 4.78. The highest BCUT2D eigenvalue weighted by Gasteiger charge is 2.22. The van der Waals surface area contributed by atoms with E-state index < -0.39 is 0 Å². The zero-order valence-corrected chi connectivity index (χ0v) is 19.9. The summed E-state index contributed by atoms with van der Waals surface area (Å²) in [6.45, 7) is 5.64. The van der Waals surface area contributed by atoms with Crippen LogP contribution in [0.2, 0.25) is 0 Å². The number of aromatic nitrogens is 3. The van der Waals surface area contributed by atoms with Crippen LogP contribution in [0.15, 0.2) is 30.7 Å². The van der Waals surface area contributed by atoms with Crippen molar-refractivity contribution in [2.75, 3.05) is 44.1 Å². The van der Waals surface area contributed by atoms with Crippen LogP contribution in [0.4, 0.5) is 11.5 Å². The minimum absolute atomic E-state index is 0.392. The third-order valence-electron chi connectivity index (χ3n) is 6.64. The lowest BCUT2D eigenvalue weighted by Crippen LogP contribution is -2.42. The number of hydrogen-bond acceptors (Lipinski definition) is 8. The van der Waals surface area contributed by atoms with Gasteiger partial charge in [0.25, 0.3) is 0 Å². The highest BCUT2D eigenvalue weighted by atomic mass is 16.5. The number of nitrogens with one attached hydrogen (secondary N) is 3. The van der Waals surface area contributed by atoms with E-state index in [0.29, 0.717) is 24.0 Å². The number of ether oxygens (including phenoxy) is 2. The third-order valence-corrected chi connectivity index (χ3v) is 6.64. The monoisotopic (exact) mass is 454 g/mol. The molecule has 0 spiro atoms. The zero-order chi connectivity index (χ0) is 22.9. The van der Waals surface area contributed by atoms with E-state index in [1.165, 1.54) is 0 Å². The average molecular weight is 455 g/mol. The normalized spacial score (nSPS) is 22.6. The Bertz CT molecular complexity index is 852. The number of hydrogen-bond donors (Lipinski definition) is 3. The molecule has 4 rings (SSSR count). The second kappa shape index (κ2) is 12.3. The van der Waals surface area contributed by atoms with Crippen LogP contribution in [0.1, 0.15) is 45.4 Å². The Kier molecular flexibility index (Phi) is 8.86. The molecule has 0 aromatic carbocycles. The Labute approximate surface area is 197 Å². The van der Waals surface area contributed by atoms with Gasteiger partial charge < -0.3 is 25.4 Å². The molecule has 1 aliphatic heterocycles. The van der Waals surface area contributed by atoms with E-state index in [2.05, 4.69) is 43.9 Å². The summed E-state index contributed by atoms with van der Waals surface area (Å²) in [5.41, 5.74) is 2.77. The fraction of sp³-hybridized carbons (Fsp3) is 0.640. The standard InChI is InChI=1S/C25H38N6O2/c1-18(16-32-2)30-20-3-5-21(6-4-20)31-25-14-24(28-17-29-25)23-13-22(7-10-26-23)27-15-19-8-11-33-12-9-19/h7,10,13-14,17-21,30H,3-6,8-9,11-12,15-16H2,1-2H3,(H,26,27)(H,28,29,31). The number of pyridine rings is 1. The van der Waals surface area contributed by atoms with Crippen molar-refractivity contribution in [2.45, 2.75) is 63.6 Å². The van der Waals surface area contributed by atoms with Gasteiger partial charge in [0.1, 0.15) is 12.1 Å². The van der Waals surface area contributed by atoms with Crippen molar-refractivity contribution in [3.8, 4) is 11.4 Å². The van der Waals surface area contributed by atoms with E-state index in [4.69, 9.17) is 9.47 Å². The average Bonchev–Trinajstić information content (AvgIpc) is 2.85. The molecule has 2 aromatic rings. The van der Waals surface area contributed by atoms with E-state index in [-0.39, 0.29) is 0 Å². The highest BCUT2D eigenvalue weighted by molar-refractivity contribution is 5.63. The highest BCUT2D eigenvalue weighted by Crippen LogP contribution is 2.25. The van der Waals surface area contributed by atoms with E-state index in [1.807, 2.05) is 18.3 Å². The summed E-state index contributed by atoms with van der Waals surface area (Å²) < 4.78 is 10.7. The topological polar surface area (TPSA) is 93.2 Å². The van der Waals surface area contributed by atoms with Crippen LogP contribution in [0.25, 0.3) is 11.4 Å². The van der Waals surface area contributed by atoms with Crippen LogP contribution in [-0.4, -0.2) is 66.6 Å². The van der Waals surface area contributed by atoms with Gasteiger partial charge in [0, 0.05) is 62.9 Å². The lowest BCUT2D eigenvalue weighted by molar-refractivity contribution is 0.0699. The predicted molar refractivity (Wildman–Crippen MR) is 131 cm³/mol. The molecule has 3 heterocycles. The first kappa shape index (κ1) is 23.9. The summed E-state index contributed by atoms with van der Waals surface area (Å²) >= 11 is 0. The molecule has 8 heteroatoms. The first-order valence-electron chi connectivity index (χ1n) is 12.3. The maximum Gasteiger partial charge on any atom is 0.130 e. The molecule has 0 amide bonds. The molecular weight excluding hydrogens is 416 g/mol. The summed E-state index contributed by atoms with van der Waals surface area (Å²) in [4.78, 5) is 13.5. The number of anilines is 2. The van der Waals surface area contributed by atoms with Gasteiger partial charge >= 0.3 is 0 Å². The molecule has 0 bridgehead atoms. The van der Waals surface area contributed by atoms with Crippen LogP contribution in [0.3, 0.4) is 0 Å². The molecule has 2 fully saturated rings. The lowest BCUT2D eigenvalue weighted by Gasteiger charge is -2.31. The summed E-state index contributed by atoms with van der Waals surface area (Å²) in [5.74, 6) is 1.53. The van der Waals surface area contributed by atoms with Gasteiger partial charge in [0.15, 0.2) is 0 Å². The van der Waals surface area contributed by atoms with Gasteiger partial charge in [0.05, 0.1) is 18.0 Å². The van der Waals surface area contributed by atoms with Crippen molar-refractivity contribution in [3.05, 3.63) is 30.7 Å². The first-order valence-corrected chi connectivity index (χ1v) is 12.3. The SMILES string of the molecule is COCC(C)NC1CCC(Nc2cc(-c3cc(NCC4CCOCC4)ccn3)ncn2)CC1. The van der Waals surface area contributed by atoms with Gasteiger partial charge in [-0.25, -0.2) is 9.97 Å². The fourth-order valence-corrected chi connectivity index (χ4v) is 4.78. The van der Waals surface area contributed by atoms with E-state index in [1.54, 1.807) is 13.4 Å². The lowest BCUT2D eigenvalue weighted by atomic mass is 9.90. The zero-order valence-electron chi connectivity index (χ0n) is 19.9. The van der Waals surface area contributed by atoms with Gasteiger partial charge in [0.2, 0.25) is 0 Å². The molecule has 3 N–H and O–H groups in total. The third kappa shape index (κ3) is 7.35. The molecule has 33 heavy (non-hydrogen) atoms. The second-order valence-corrected chi connectivity index (χ2v) is 9.37. The summed E-state index contributed by atoms with van der Waals surface area (Å²) in [6.07, 6.45) is 10.3. The Morgan fingerprint density at radius 3 is 2.55 bits per heavy atom. The minimum atomic E-state index is 0.392. The van der Waals surface area contributed by atoms with Crippen molar-refractivity contribution < 1.29 is 9.47 Å². The molecule has 1 aliphatic carbocycles. The molecule has 0 radical (unpaired) electrons. The maximum atomic E-state index is 5.46. The number of rotatable bonds is 10. The molecular formula is C25H38N6O2. The molecule has 8 nitrogen and oxygen atoms in total. The Hall–Kier alpha value is -2.29. The van der Waals surface area contributed by atoms with Crippen molar-refractivity contribution in [1.29, 1.82) is 0 Å². The molecule has 1 atom stereocenters. The van der Waals surface area contributed by atoms with Crippen LogP contribution < -0.4 is 16.0 Å². The predicted octanol–water partition coefficient (Wildman–Crippen LogP) is 3.72. The first-order chi connectivity index (χ1) is 16.2.